The summed E-state index contributed by atoms with van der Waals surface area (Å²) in [6, 6.07) is 0.834. The highest BCUT2D eigenvalue weighted by Gasteiger charge is 2.29. The molecule has 0 bridgehead atoms. The predicted octanol–water partition coefficient (Wildman–Crippen LogP) is 3.52. The second-order valence-corrected chi connectivity index (χ2v) is 6.66. The van der Waals surface area contributed by atoms with Gasteiger partial charge in [-0.1, -0.05) is 41.0 Å². The van der Waals surface area contributed by atoms with Gasteiger partial charge in [0.2, 0.25) is 0 Å². The Hall–Kier alpha value is -0.0800. The van der Waals surface area contributed by atoms with E-state index in [1.165, 1.54) is 51.9 Å². The molecular formula is C16H34N2. The fourth-order valence-corrected chi connectivity index (χ4v) is 2.39. The summed E-state index contributed by atoms with van der Waals surface area (Å²) >= 11 is 0. The van der Waals surface area contributed by atoms with Crippen molar-refractivity contribution in [3.63, 3.8) is 0 Å². The molecule has 1 N–H and O–H groups in total. The van der Waals surface area contributed by atoms with Gasteiger partial charge in [0.05, 0.1) is 0 Å². The van der Waals surface area contributed by atoms with Crippen molar-refractivity contribution in [2.45, 2.75) is 66.3 Å². The minimum Gasteiger partial charge on any atom is -0.313 e. The van der Waals surface area contributed by atoms with Gasteiger partial charge >= 0.3 is 0 Å². The normalized spacial score (nSPS) is 21.0. The molecule has 1 aliphatic rings. The Morgan fingerprint density at radius 1 is 1.28 bits per heavy atom. The monoisotopic (exact) mass is 254 g/mol. The largest absolute Gasteiger partial charge is 0.313 e. The Morgan fingerprint density at radius 3 is 2.39 bits per heavy atom. The van der Waals surface area contributed by atoms with E-state index in [1.807, 2.05) is 0 Å². The van der Waals surface area contributed by atoms with Crippen molar-refractivity contribution < 1.29 is 0 Å². The Kier molecular flexibility index (Phi) is 6.65. The Morgan fingerprint density at radius 2 is 1.94 bits per heavy atom. The van der Waals surface area contributed by atoms with Crippen molar-refractivity contribution in [3.05, 3.63) is 0 Å². The number of rotatable bonds is 10. The first kappa shape index (κ1) is 16.0. The first-order valence-electron chi connectivity index (χ1n) is 7.98. The second kappa shape index (κ2) is 7.49. The van der Waals surface area contributed by atoms with E-state index in [1.54, 1.807) is 0 Å². The molecule has 1 rings (SSSR count). The third-order valence-electron chi connectivity index (χ3n) is 4.57. The van der Waals surface area contributed by atoms with E-state index in [-0.39, 0.29) is 0 Å². The van der Waals surface area contributed by atoms with Crippen LogP contribution in [0.15, 0.2) is 0 Å². The summed E-state index contributed by atoms with van der Waals surface area (Å²) < 4.78 is 0. The van der Waals surface area contributed by atoms with Crippen molar-refractivity contribution >= 4 is 0 Å². The number of nitrogens with one attached hydrogen (secondary N) is 1. The number of hydrogen-bond donors (Lipinski definition) is 1. The molecule has 0 amide bonds. The zero-order valence-electron chi connectivity index (χ0n) is 13.3. The van der Waals surface area contributed by atoms with Gasteiger partial charge in [-0.3, -0.25) is 0 Å². The standard InChI is InChI=1S/C16H34N2/c1-6-14(4)11-18(8-3)13-16(5,7-2)12-17-15-9-10-15/h14-15,17H,6-13H2,1-5H3. The van der Waals surface area contributed by atoms with Gasteiger partial charge < -0.3 is 10.2 Å². The molecule has 0 aromatic carbocycles. The highest BCUT2D eigenvalue weighted by atomic mass is 15.1. The molecule has 1 aliphatic carbocycles. The van der Waals surface area contributed by atoms with E-state index in [0.717, 1.165) is 12.0 Å². The molecule has 1 saturated carbocycles. The van der Waals surface area contributed by atoms with Crippen LogP contribution in [0.2, 0.25) is 0 Å². The van der Waals surface area contributed by atoms with E-state index in [4.69, 9.17) is 0 Å². The van der Waals surface area contributed by atoms with Crippen LogP contribution in [0.3, 0.4) is 0 Å². The molecule has 0 saturated heterocycles. The van der Waals surface area contributed by atoms with Gasteiger partial charge in [-0.2, -0.15) is 0 Å². The molecule has 0 aliphatic heterocycles. The summed E-state index contributed by atoms with van der Waals surface area (Å²) in [6.07, 6.45) is 5.34. The van der Waals surface area contributed by atoms with Crippen LogP contribution >= 0.6 is 0 Å². The van der Waals surface area contributed by atoms with Crippen LogP contribution < -0.4 is 5.32 Å². The van der Waals surface area contributed by atoms with E-state index >= 15 is 0 Å². The summed E-state index contributed by atoms with van der Waals surface area (Å²) in [6.45, 7) is 16.6. The molecule has 18 heavy (non-hydrogen) atoms. The first-order chi connectivity index (χ1) is 8.53. The van der Waals surface area contributed by atoms with Crippen LogP contribution in [0.5, 0.6) is 0 Å². The average Bonchev–Trinajstić information content (AvgIpc) is 3.19. The highest BCUT2D eigenvalue weighted by molar-refractivity contribution is 4.86. The molecule has 0 aromatic heterocycles. The fraction of sp³-hybridized carbons (Fsp3) is 1.00. The SMILES string of the molecule is CCC(C)CN(CC)CC(C)(CC)CNC1CC1. The third-order valence-corrected chi connectivity index (χ3v) is 4.57. The van der Waals surface area contributed by atoms with Crippen LogP contribution in [-0.2, 0) is 0 Å². The van der Waals surface area contributed by atoms with Crippen molar-refractivity contribution in [1.82, 2.24) is 10.2 Å². The average molecular weight is 254 g/mol. The minimum atomic E-state index is 0.437. The summed E-state index contributed by atoms with van der Waals surface area (Å²) in [5.74, 6) is 0.822. The summed E-state index contributed by atoms with van der Waals surface area (Å²) in [5.41, 5.74) is 0.437. The van der Waals surface area contributed by atoms with Gasteiger partial charge in [0.1, 0.15) is 0 Å². The van der Waals surface area contributed by atoms with Gasteiger partial charge in [0, 0.05) is 25.7 Å². The van der Waals surface area contributed by atoms with Gasteiger partial charge in [0.25, 0.3) is 0 Å². The van der Waals surface area contributed by atoms with Crippen LogP contribution in [0.1, 0.15) is 60.3 Å². The van der Waals surface area contributed by atoms with E-state index < -0.39 is 0 Å². The molecule has 0 radical (unpaired) electrons. The molecule has 108 valence electrons. The van der Waals surface area contributed by atoms with Gasteiger partial charge in [-0.25, -0.2) is 0 Å². The molecule has 1 fully saturated rings. The van der Waals surface area contributed by atoms with Crippen molar-refractivity contribution in [2.24, 2.45) is 11.3 Å². The van der Waals surface area contributed by atoms with E-state index in [0.29, 0.717) is 5.41 Å². The maximum absolute atomic E-state index is 3.72. The van der Waals surface area contributed by atoms with Crippen LogP contribution in [0.4, 0.5) is 0 Å². The molecule has 2 nitrogen and oxygen atoms in total. The maximum Gasteiger partial charge on any atom is 0.00684 e. The quantitative estimate of drug-likeness (QED) is 0.641. The summed E-state index contributed by atoms with van der Waals surface area (Å²) in [5, 5.41) is 3.72. The minimum absolute atomic E-state index is 0.437. The molecule has 0 heterocycles. The fourth-order valence-electron chi connectivity index (χ4n) is 2.39. The van der Waals surface area contributed by atoms with E-state index in [9.17, 15) is 0 Å². The summed E-state index contributed by atoms with van der Waals surface area (Å²) in [7, 11) is 0. The third kappa shape index (κ3) is 5.71. The van der Waals surface area contributed by atoms with Crippen LogP contribution in [0, 0.1) is 11.3 Å². The van der Waals surface area contributed by atoms with E-state index in [2.05, 4.69) is 44.8 Å². The predicted molar refractivity (Wildman–Crippen MR) is 81.0 cm³/mol. The number of hydrogen-bond acceptors (Lipinski definition) is 2. The maximum atomic E-state index is 3.72. The molecule has 0 spiro atoms. The topological polar surface area (TPSA) is 15.3 Å². The lowest BCUT2D eigenvalue weighted by atomic mass is 9.86. The smallest absolute Gasteiger partial charge is 0.00684 e. The van der Waals surface area contributed by atoms with Crippen LogP contribution in [0.25, 0.3) is 0 Å². The number of nitrogens with zero attached hydrogens (tertiary/aromatic N) is 1. The molecule has 2 heteroatoms. The molecule has 2 atom stereocenters. The first-order valence-corrected chi connectivity index (χ1v) is 7.98. The Balaban J connectivity index is 2.40. The highest BCUT2D eigenvalue weighted by Crippen LogP contribution is 2.25. The second-order valence-electron chi connectivity index (χ2n) is 6.66. The Labute approximate surface area is 115 Å². The molecule has 2 unspecified atom stereocenters. The van der Waals surface area contributed by atoms with Gasteiger partial charge in [-0.05, 0) is 37.1 Å². The Bertz CT molecular complexity index is 225. The zero-order valence-corrected chi connectivity index (χ0v) is 13.3. The zero-order chi connectivity index (χ0) is 13.6. The lowest BCUT2D eigenvalue weighted by molar-refractivity contribution is 0.144. The van der Waals surface area contributed by atoms with Gasteiger partial charge in [0.15, 0.2) is 0 Å². The molecular weight excluding hydrogens is 220 g/mol. The van der Waals surface area contributed by atoms with Crippen molar-refractivity contribution in [3.8, 4) is 0 Å². The van der Waals surface area contributed by atoms with Gasteiger partial charge in [-0.15, -0.1) is 0 Å². The lowest BCUT2D eigenvalue weighted by Gasteiger charge is -2.36. The molecule has 0 aromatic rings. The lowest BCUT2D eigenvalue weighted by Crippen LogP contribution is -2.43. The summed E-state index contributed by atoms with van der Waals surface area (Å²) in [4.78, 5) is 2.65. The van der Waals surface area contributed by atoms with Crippen LogP contribution in [-0.4, -0.2) is 37.1 Å². The van der Waals surface area contributed by atoms with Crippen molar-refractivity contribution in [2.75, 3.05) is 26.2 Å². The van der Waals surface area contributed by atoms with Crippen molar-refractivity contribution in [1.29, 1.82) is 0 Å².